The fourth-order valence-electron chi connectivity index (χ4n) is 2.02. The number of nitrogens with zero attached hydrogens (tertiary/aromatic N) is 1. The third-order valence-electron chi connectivity index (χ3n) is 2.95. The average molecular weight is 377 g/mol. The van der Waals surface area contributed by atoms with Crippen LogP contribution in [0.25, 0.3) is 11.0 Å². The molecule has 0 aliphatic carbocycles. The molecule has 0 unspecified atom stereocenters. The molecule has 5 heteroatoms. The Morgan fingerprint density at radius 2 is 1.90 bits per heavy atom. The summed E-state index contributed by atoms with van der Waals surface area (Å²) in [4.78, 5) is 18.7. The van der Waals surface area contributed by atoms with Gasteiger partial charge in [-0.05, 0) is 52.4 Å². The number of aromatic amines is 1. The van der Waals surface area contributed by atoms with Gasteiger partial charge in [-0.25, -0.2) is 4.98 Å². The van der Waals surface area contributed by atoms with E-state index in [-0.39, 0.29) is 3.79 Å². The zero-order valence-electron chi connectivity index (χ0n) is 10.6. The molecule has 2 N–H and O–H groups in total. The molecule has 0 aliphatic heterocycles. The Hall–Kier alpha value is -1.89. The minimum Gasteiger partial charge on any atom is -0.326 e. The van der Waals surface area contributed by atoms with Gasteiger partial charge in [0.15, 0.2) is 3.79 Å². The van der Waals surface area contributed by atoms with Crippen molar-refractivity contribution < 1.29 is 4.79 Å². The van der Waals surface area contributed by atoms with E-state index >= 15 is 0 Å². The van der Waals surface area contributed by atoms with Crippen LogP contribution in [0.4, 0.5) is 11.6 Å². The molecule has 3 aromatic rings. The number of para-hydroxylation sites is 2. The molecule has 0 spiro atoms. The van der Waals surface area contributed by atoms with E-state index in [1.165, 1.54) is 0 Å². The molecule has 100 valence electrons. The number of rotatable bonds is 4. The number of carbonyl (C=O) groups is 1. The second-order valence-corrected chi connectivity index (χ2v) is 5.66. The third-order valence-corrected chi connectivity index (χ3v) is 3.33. The molecule has 2 aromatic carbocycles. The van der Waals surface area contributed by atoms with Gasteiger partial charge in [-0.2, -0.15) is 0 Å². The van der Waals surface area contributed by atoms with Crippen LogP contribution in [0.15, 0.2) is 48.5 Å². The molecule has 0 atom stereocenters. The van der Waals surface area contributed by atoms with E-state index in [2.05, 4.69) is 15.3 Å². The molecule has 0 saturated carbocycles. The summed E-state index contributed by atoms with van der Waals surface area (Å²) in [5, 5.41) is 3.22. The van der Waals surface area contributed by atoms with E-state index in [1.807, 2.05) is 71.1 Å². The van der Waals surface area contributed by atoms with Crippen molar-refractivity contribution in [1.29, 1.82) is 0 Å². The van der Waals surface area contributed by atoms with E-state index in [9.17, 15) is 4.79 Å². The number of hydrogen-bond donors (Lipinski definition) is 2. The SMILES string of the molecule is O=C(I)Cc1ccc(Nc2nc3ccccc3[nH]2)cc1. The Balaban J connectivity index is 1.78. The highest BCUT2D eigenvalue weighted by molar-refractivity contribution is 14.1. The van der Waals surface area contributed by atoms with Gasteiger partial charge in [0.2, 0.25) is 5.95 Å². The highest BCUT2D eigenvalue weighted by Gasteiger charge is 2.03. The first kappa shape index (κ1) is 13.1. The van der Waals surface area contributed by atoms with Crippen LogP contribution in [0.3, 0.4) is 0 Å². The standard InChI is InChI=1S/C15H12IN3O/c16-14(20)9-10-5-7-11(8-6-10)17-15-18-12-3-1-2-4-13(12)19-15/h1-8H,9H2,(H2,17,18,19). The number of fused-ring (bicyclic) bond motifs is 1. The maximum Gasteiger partial charge on any atom is 0.205 e. The van der Waals surface area contributed by atoms with E-state index < -0.39 is 0 Å². The Morgan fingerprint density at radius 1 is 1.15 bits per heavy atom. The normalized spacial score (nSPS) is 10.7. The Morgan fingerprint density at radius 3 is 2.60 bits per heavy atom. The van der Waals surface area contributed by atoms with Crippen molar-refractivity contribution in [1.82, 2.24) is 9.97 Å². The zero-order chi connectivity index (χ0) is 13.9. The number of carbonyl (C=O) groups excluding carboxylic acids is 1. The van der Waals surface area contributed by atoms with Crippen LogP contribution in [0.5, 0.6) is 0 Å². The van der Waals surface area contributed by atoms with Crippen molar-refractivity contribution in [3.63, 3.8) is 0 Å². The van der Waals surface area contributed by atoms with Gasteiger partial charge in [0.05, 0.1) is 11.0 Å². The van der Waals surface area contributed by atoms with Crippen molar-refractivity contribution in [2.75, 3.05) is 5.32 Å². The number of imidazole rings is 1. The number of anilines is 2. The largest absolute Gasteiger partial charge is 0.326 e. The Bertz CT molecular complexity index is 716. The molecule has 1 aromatic heterocycles. The second-order valence-electron chi connectivity index (χ2n) is 4.46. The summed E-state index contributed by atoms with van der Waals surface area (Å²) in [7, 11) is 0. The van der Waals surface area contributed by atoms with Gasteiger partial charge >= 0.3 is 0 Å². The van der Waals surface area contributed by atoms with Gasteiger partial charge < -0.3 is 10.3 Å². The van der Waals surface area contributed by atoms with Crippen molar-refractivity contribution >= 4 is 49.0 Å². The monoisotopic (exact) mass is 377 g/mol. The number of aromatic nitrogens is 2. The van der Waals surface area contributed by atoms with Gasteiger partial charge in [-0.3, -0.25) is 4.79 Å². The molecule has 3 rings (SSSR count). The summed E-state index contributed by atoms with van der Waals surface area (Å²) in [6.45, 7) is 0. The topological polar surface area (TPSA) is 57.8 Å². The molecule has 0 amide bonds. The van der Waals surface area contributed by atoms with Gasteiger partial charge in [0.25, 0.3) is 0 Å². The van der Waals surface area contributed by atoms with Crippen LogP contribution in [-0.4, -0.2) is 13.8 Å². The summed E-state index contributed by atoms with van der Waals surface area (Å²) in [6, 6.07) is 15.7. The molecule has 1 heterocycles. The van der Waals surface area contributed by atoms with E-state index in [4.69, 9.17) is 0 Å². The minimum absolute atomic E-state index is 0.139. The lowest BCUT2D eigenvalue weighted by Crippen LogP contribution is -1.95. The predicted molar refractivity (Wildman–Crippen MR) is 88.5 cm³/mol. The smallest absolute Gasteiger partial charge is 0.205 e. The van der Waals surface area contributed by atoms with E-state index in [1.54, 1.807) is 0 Å². The van der Waals surface area contributed by atoms with Crippen LogP contribution < -0.4 is 5.32 Å². The fraction of sp³-hybridized carbons (Fsp3) is 0.0667. The van der Waals surface area contributed by atoms with Crippen molar-refractivity contribution in [2.24, 2.45) is 0 Å². The minimum atomic E-state index is 0.139. The second kappa shape index (κ2) is 5.62. The molecule has 0 radical (unpaired) electrons. The van der Waals surface area contributed by atoms with Crippen molar-refractivity contribution in [3.05, 3.63) is 54.1 Å². The highest BCUT2D eigenvalue weighted by atomic mass is 127. The molecule has 0 bridgehead atoms. The van der Waals surface area contributed by atoms with Gasteiger partial charge in [-0.15, -0.1) is 0 Å². The lowest BCUT2D eigenvalue weighted by molar-refractivity contribution is -0.108. The lowest BCUT2D eigenvalue weighted by atomic mass is 10.1. The first-order valence-corrected chi connectivity index (χ1v) is 7.27. The van der Waals surface area contributed by atoms with Crippen LogP contribution >= 0.6 is 22.6 Å². The quantitative estimate of drug-likeness (QED) is 0.537. The number of nitrogens with one attached hydrogen (secondary N) is 2. The summed E-state index contributed by atoms with van der Waals surface area (Å²) in [5.41, 5.74) is 3.89. The molecular weight excluding hydrogens is 365 g/mol. The van der Waals surface area contributed by atoms with Gasteiger partial charge in [-0.1, -0.05) is 24.3 Å². The summed E-state index contributed by atoms with van der Waals surface area (Å²) in [6.07, 6.45) is 0.464. The van der Waals surface area contributed by atoms with Crippen LogP contribution in [0.1, 0.15) is 5.56 Å². The third kappa shape index (κ3) is 2.98. The average Bonchev–Trinajstić information content (AvgIpc) is 2.82. The molecule has 4 nitrogen and oxygen atoms in total. The van der Waals surface area contributed by atoms with Gasteiger partial charge in [0.1, 0.15) is 0 Å². The molecule has 20 heavy (non-hydrogen) atoms. The Labute approximate surface area is 129 Å². The van der Waals surface area contributed by atoms with Crippen molar-refractivity contribution in [2.45, 2.75) is 6.42 Å². The van der Waals surface area contributed by atoms with Gasteiger partial charge in [0, 0.05) is 12.1 Å². The summed E-state index contributed by atoms with van der Waals surface area (Å²) < 4.78 is 0.139. The number of H-pyrrole nitrogens is 1. The lowest BCUT2D eigenvalue weighted by Gasteiger charge is -2.03. The first-order valence-electron chi connectivity index (χ1n) is 6.20. The zero-order valence-corrected chi connectivity index (χ0v) is 12.7. The van der Waals surface area contributed by atoms with E-state index in [0.717, 1.165) is 22.3 Å². The molecular formula is C15H12IN3O. The van der Waals surface area contributed by atoms with Crippen LogP contribution in [0.2, 0.25) is 0 Å². The molecule has 0 fully saturated rings. The highest BCUT2D eigenvalue weighted by Crippen LogP contribution is 2.18. The van der Waals surface area contributed by atoms with Crippen molar-refractivity contribution in [3.8, 4) is 0 Å². The maximum atomic E-state index is 11.0. The fourth-order valence-corrected chi connectivity index (χ4v) is 2.46. The maximum absolute atomic E-state index is 11.0. The number of benzene rings is 2. The summed E-state index contributed by atoms with van der Waals surface area (Å²) >= 11 is 1.81. The Kier molecular flexibility index (Phi) is 3.68. The van der Waals surface area contributed by atoms with Crippen LogP contribution in [0, 0.1) is 0 Å². The molecule has 0 saturated heterocycles. The molecule has 0 aliphatic rings. The number of hydrogen-bond acceptors (Lipinski definition) is 3. The predicted octanol–water partition coefficient (Wildman–Crippen LogP) is 3.81. The van der Waals surface area contributed by atoms with E-state index in [0.29, 0.717) is 12.4 Å². The summed E-state index contributed by atoms with van der Waals surface area (Å²) in [5.74, 6) is 0.712. The first-order chi connectivity index (χ1) is 9.70. The van der Waals surface area contributed by atoms with Crippen LogP contribution in [-0.2, 0) is 11.2 Å². The number of halogens is 1.